The van der Waals surface area contributed by atoms with Crippen molar-refractivity contribution in [2.75, 3.05) is 6.26 Å². The van der Waals surface area contributed by atoms with Crippen LogP contribution in [0.15, 0.2) is 0 Å². The van der Waals surface area contributed by atoms with E-state index in [0.717, 1.165) is 11.4 Å². The van der Waals surface area contributed by atoms with E-state index in [9.17, 15) is 0 Å². The highest BCUT2D eigenvalue weighted by molar-refractivity contribution is 7.99. The van der Waals surface area contributed by atoms with Gasteiger partial charge in [-0.25, -0.2) is 0 Å². The molecule has 0 amide bonds. The molecule has 0 aromatic carbocycles. The van der Waals surface area contributed by atoms with Crippen LogP contribution >= 0.6 is 11.8 Å². The van der Waals surface area contributed by atoms with Crippen molar-refractivity contribution in [3.05, 3.63) is 0 Å². The maximum atomic E-state index is 3.62. The summed E-state index contributed by atoms with van der Waals surface area (Å²) in [4.78, 5) is 0. The minimum atomic E-state index is 0.735. The maximum Gasteiger partial charge on any atom is 0.0531 e. The molecule has 0 aromatic heterocycles. The van der Waals surface area contributed by atoms with Crippen molar-refractivity contribution < 1.29 is 0 Å². The van der Waals surface area contributed by atoms with Crippen molar-refractivity contribution in [2.45, 2.75) is 44.0 Å². The molecule has 0 spiro atoms. The summed E-state index contributed by atoms with van der Waals surface area (Å²) >= 11 is 1.95. The summed E-state index contributed by atoms with van der Waals surface area (Å²) in [5.41, 5.74) is 0. The van der Waals surface area contributed by atoms with Gasteiger partial charge in [0.15, 0.2) is 0 Å². The Labute approximate surface area is 68.0 Å². The molecule has 1 fully saturated rings. The van der Waals surface area contributed by atoms with E-state index in [4.69, 9.17) is 0 Å². The maximum absolute atomic E-state index is 3.62. The number of piperidine rings is 1. The van der Waals surface area contributed by atoms with Gasteiger partial charge in [-0.05, 0) is 31.9 Å². The lowest BCUT2D eigenvalue weighted by molar-refractivity contribution is 0.374. The molecule has 1 aliphatic rings. The van der Waals surface area contributed by atoms with Gasteiger partial charge in [-0.1, -0.05) is 6.92 Å². The molecule has 2 atom stereocenters. The van der Waals surface area contributed by atoms with E-state index in [1.807, 2.05) is 11.8 Å². The summed E-state index contributed by atoms with van der Waals surface area (Å²) in [6, 6.07) is 0.797. The first-order valence-electron chi connectivity index (χ1n) is 4.15. The molecule has 1 N–H and O–H groups in total. The number of rotatable bonds is 2. The third-order valence-electron chi connectivity index (χ3n) is 2.22. The van der Waals surface area contributed by atoms with Crippen LogP contribution < -0.4 is 5.32 Å². The summed E-state index contributed by atoms with van der Waals surface area (Å²) in [5.74, 6) is 0. The molecule has 0 saturated carbocycles. The standard InChI is InChI=1S/C8H17NS/c1-3-7-5-4-6-8(9-7)10-2/h7-9H,3-6H2,1-2H3. The van der Waals surface area contributed by atoms with Gasteiger partial charge in [-0.3, -0.25) is 0 Å². The minimum absolute atomic E-state index is 0.735. The molecule has 60 valence electrons. The quantitative estimate of drug-likeness (QED) is 0.663. The smallest absolute Gasteiger partial charge is 0.0531 e. The van der Waals surface area contributed by atoms with Crippen molar-refractivity contribution in [3.63, 3.8) is 0 Å². The second-order valence-electron chi connectivity index (χ2n) is 2.93. The topological polar surface area (TPSA) is 12.0 Å². The van der Waals surface area contributed by atoms with E-state index < -0.39 is 0 Å². The lowest BCUT2D eigenvalue weighted by atomic mass is 10.0. The Bertz CT molecular complexity index is 85.3. The third-order valence-corrected chi connectivity index (χ3v) is 3.16. The van der Waals surface area contributed by atoms with Gasteiger partial charge in [0.2, 0.25) is 0 Å². The second kappa shape index (κ2) is 4.24. The van der Waals surface area contributed by atoms with E-state index >= 15 is 0 Å². The van der Waals surface area contributed by atoms with Gasteiger partial charge in [0.25, 0.3) is 0 Å². The minimum Gasteiger partial charge on any atom is -0.303 e. The van der Waals surface area contributed by atoms with Crippen LogP contribution in [0, 0.1) is 0 Å². The van der Waals surface area contributed by atoms with Crippen molar-refractivity contribution in [3.8, 4) is 0 Å². The molecular formula is C8H17NS. The molecule has 1 aliphatic heterocycles. The van der Waals surface area contributed by atoms with Gasteiger partial charge in [0.1, 0.15) is 0 Å². The Morgan fingerprint density at radius 3 is 2.90 bits per heavy atom. The lowest BCUT2D eigenvalue weighted by Gasteiger charge is -2.29. The Morgan fingerprint density at radius 1 is 1.50 bits per heavy atom. The van der Waals surface area contributed by atoms with Crippen molar-refractivity contribution in [1.29, 1.82) is 0 Å². The summed E-state index contributed by atoms with van der Waals surface area (Å²) in [6.45, 7) is 2.26. The first-order chi connectivity index (χ1) is 4.86. The molecule has 0 aliphatic carbocycles. The molecule has 0 bridgehead atoms. The van der Waals surface area contributed by atoms with Crippen LogP contribution in [-0.4, -0.2) is 17.7 Å². The van der Waals surface area contributed by atoms with E-state index in [-0.39, 0.29) is 0 Å². The van der Waals surface area contributed by atoms with Gasteiger partial charge in [-0.2, -0.15) is 0 Å². The number of hydrogen-bond acceptors (Lipinski definition) is 2. The highest BCUT2D eigenvalue weighted by atomic mass is 32.2. The van der Waals surface area contributed by atoms with E-state index in [1.54, 1.807) is 0 Å². The molecule has 2 unspecified atom stereocenters. The number of hydrogen-bond donors (Lipinski definition) is 1. The molecule has 1 rings (SSSR count). The highest BCUT2D eigenvalue weighted by Crippen LogP contribution is 2.20. The first-order valence-corrected chi connectivity index (χ1v) is 5.44. The van der Waals surface area contributed by atoms with Gasteiger partial charge in [-0.15, -0.1) is 11.8 Å². The Balaban J connectivity index is 2.25. The zero-order chi connectivity index (χ0) is 7.40. The lowest BCUT2D eigenvalue weighted by Crippen LogP contribution is -2.39. The normalized spacial score (nSPS) is 34.2. The summed E-state index contributed by atoms with van der Waals surface area (Å²) in [7, 11) is 0. The van der Waals surface area contributed by atoms with Gasteiger partial charge in [0.05, 0.1) is 5.37 Å². The SMILES string of the molecule is CCC1CCCC(SC)N1. The zero-order valence-electron chi connectivity index (χ0n) is 6.89. The Morgan fingerprint density at radius 2 is 2.30 bits per heavy atom. The molecular weight excluding hydrogens is 142 g/mol. The summed E-state index contributed by atoms with van der Waals surface area (Å²) in [5, 5.41) is 4.35. The van der Waals surface area contributed by atoms with Gasteiger partial charge >= 0.3 is 0 Å². The van der Waals surface area contributed by atoms with E-state index in [1.165, 1.54) is 25.7 Å². The highest BCUT2D eigenvalue weighted by Gasteiger charge is 2.17. The predicted molar refractivity (Wildman–Crippen MR) is 48.4 cm³/mol. The van der Waals surface area contributed by atoms with Crippen LogP contribution in [-0.2, 0) is 0 Å². The van der Waals surface area contributed by atoms with Crippen LogP contribution in [0.5, 0.6) is 0 Å². The van der Waals surface area contributed by atoms with Gasteiger partial charge in [0, 0.05) is 6.04 Å². The van der Waals surface area contributed by atoms with Crippen LogP contribution in [0.2, 0.25) is 0 Å². The molecule has 1 nitrogen and oxygen atoms in total. The van der Waals surface area contributed by atoms with Crippen molar-refractivity contribution in [2.24, 2.45) is 0 Å². The third kappa shape index (κ3) is 2.17. The first kappa shape index (κ1) is 8.41. The number of thioether (sulfide) groups is 1. The van der Waals surface area contributed by atoms with Crippen LogP contribution in [0.3, 0.4) is 0 Å². The number of nitrogens with one attached hydrogen (secondary N) is 1. The zero-order valence-corrected chi connectivity index (χ0v) is 7.71. The molecule has 0 aromatic rings. The molecule has 0 radical (unpaired) electrons. The largest absolute Gasteiger partial charge is 0.303 e. The molecule has 2 heteroatoms. The van der Waals surface area contributed by atoms with E-state index in [2.05, 4.69) is 18.5 Å². The van der Waals surface area contributed by atoms with Crippen molar-refractivity contribution in [1.82, 2.24) is 5.32 Å². The average molecular weight is 159 g/mol. The molecule has 1 heterocycles. The van der Waals surface area contributed by atoms with Crippen molar-refractivity contribution >= 4 is 11.8 Å². The Kier molecular flexibility index (Phi) is 3.57. The fourth-order valence-corrected chi connectivity index (χ4v) is 2.22. The molecule has 1 saturated heterocycles. The van der Waals surface area contributed by atoms with Crippen LogP contribution in [0.1, 0.15) is 32.6 Å². The average Bonchev–Trinajstić information content (AvgIpc) is 2.05. The predicted octanol–water partition coefficient (Wildman–Crippen LogP) is 2.23. The second-order valence-corrected chi connectivity index (χ2v) is 3.97. The fraction of sp³-hybridized carbons (Fsp3) is 1.00. The monoisotopic (exact) mass is 159 g/mol. The van der Waals surface area contributed by atoms with Crippen LogP contribution in [0.25, 0.3) is 0 Å². The fourth-order valence-electron chi connectivity index (χ4n) is 1.49. The molecule has 10 heavy (non-hydrogen) atoms. The summed E-state index contributed by atoms with van der Waals surface area (Å²) in [6.07, 6.45) is 7.63. The Hall–Kier alpha value is 0.310. The van der Waals surface area contributed by atoms with E-state index in [0.29, 0.717) is 0 Å². The van der Waals surface area contributed by atoms with Crippen LogP contribution in [0.4, 0.5) is 0 Å². The summed E-state index contributed by atoms with van der Waals surface area (Å²) < 4.78 is 0. The van der Waals surface area contributed by atoms with Gasteiger partial charge < -0.3 is 5.32 Å².